The van der Waals surface area contributed by atoms with Gasteiger partial charge in [-0.25, -0.2) is 4.79 Å². The van der Waals surface area contributed by atoms with Crippen LogP contribution in [0.3, 0.4) is 0 Å². The molecule has 2 aliphatic heterocycles. The topological polar surface area (TPSA) is 75.6 Å². The van der Waals surface area contributed by atoms with Crippen LogP contribution in [-0.4, -0.2) is 64.9 Å². The number of hydrogen-bond donors (Lipinski definition) is 0. The summed E-state index contributed by atoms with van der Waals surface area (Å²) >= 11 is 0. The molecule has 3 heterocycles. The van der Waals surface area contributed by atoms with E-state index in [1.807, 2.05) is 30.1 Å². The Balaban J connectivity index is 1.22. The molecule has 5 rings (SSSR count). The fourth-order valence-corrected chi connectivity index (χ4v) is 5.60. The summed E-state index contributed by atoms with van der Waals surface area (Å²) in [4.78, 5) is 38.6. The molecule has 1 aliphatic carbocycles. The van der Waals surface area contributed by atoms with Crippen molar-refractivity contribution in [3.05, 3.63) is 47.9 Å². The van der Waals surface area contributed by atoms with Crippen molar-refractivity contribution in [1.29, 1.82) is 0 Å². The molecule has 2 fully saturated rings. The lowest BCUT2D eigenvalue weighted by Crippen LogP contribution is -2.43. The zero-order valence-electron chi connectivity index (χ0n) is 19.3. The fourth-order valence-electron chi connectivity index (χ4n) is 5.60. The van der Waals surface area contributed by atoms with Crippen LogP contribution >= 0.6 is 0 Å². The van der Waals surface area contributed by atoms with E-state index in [2.05, 4.69) is 14.9 Å². The minimum atomic E-state index is -0.601. The van der Waals surface area contributed by atoms with E-state index in [9.17, 15) is 9.59 Å². The zero-order valence-corrected chi connectivity index (χ0v) is 19.3. The van der Waals surface area contributed by atoms with E-state index in [0.29, 0.717) is 18.4 Å². The molecular formula is C26H32N4O3. The molecule has 1 saturated carbocycles. The molecule has 1 saturated heterocycles. The Labute approximate surface area is 195 Å². The summed E-state index contributed by atoms with van der Waals surface area (Å²) in [5.41, 5.74) is 2.55. The van der Waals surface area contributed by atoms with E-state index >= 15 is 0 Å². The van der Waals surface area contributed by atoms with Gasteiger partial charge in [-0.1, -0.05) is 18.6 Å². The van der Waals surface area contributed by atoms with Gasteiger partial charge in [0, 0.05) is 49.6 Å². The predicted octanol–water partition coefficient (Wildman–Crippen LogP) is 3.64. The Hall–Kier alpha value is -2.80. The first-order valence-corrected chi connectivity index (χ1v) is 12.2. The molecule has 1 aromatic heterocycles. The number of benzene rings is 1. The van der Waals surface area contributed by atoms with E-state index in [4.69, 9.17) is 4.74 Å². The molecule has 1 aromatic carbocycles. The molecule has 1 spiro atoms. The highest BCUT2D eigenvalue weighted by Crippen LogP contribution is 2.49. The monoisotopic (exact) mass is 448 g/mol. The number of hydrogen-bond acceptors (Lipinski definition) is 6. The average molecular weight is 449 g/mol. The number of ether oxygens (including phenoxy) is 1. The molecule has 3 aliphatic rings. The Morgan fingerprint density at radius 3 is 2.70 bits per heavy atom. The van der Waals surface area contributed by atoms with Crippen LogP contribution in [0.5, 0.6) is 0 Å². The maximum Gasteiger partial charge on any atom is 0.339 e. The van der Waals surface area contributed by atoms with Gasteiger partial charge in [-0.15, -0.1) is 0 Å². The number of rotatable bonds is 5. The van der Waals surface area contributed by atoms with Crippen molar-refractivity contribution >= 4 is 11.9 Å². The summed E-state index contributed by atoms with van der Waals surface area (Å²) in [6.45, 7) is 4.04. The second-order valence-electron chi connectivity index (χ2n) is 9.67. The highest BCUT2D eigenvalue weighted by molar-refractivity contribution is 5.96. The van der Waals surface area contributed by atoms with Gasteiger partial charge in [-0.2, -0.15) is 0 Å². The van der Waals surface area contributed by atoms with Crippen LogP contribution in [0, 0.1) is 5.92 Å². The summed E-state index contributed by atoms with van der Waals surface area (Å²) in [6, 6.07) is 5.84. The number of piperidine rings is 1. The molecule has 174 valence electrons. The van der Waals surface area contributed by atoms with E-state index < -0.39 is 5.60 Å². The van der Waals surface area contributed by atoms with E-state index in [1.54, 1.807) is 18.6 Å². The number of amides is 1. The number of esters is 1. The lowest BCUT2D eigenvalue weighted by molar-refractivity contribution is -0.137. The van der Waals surface area contributed by atoms with Crippen molar-refractivity contribution in [3.8, 4) is 11.3 Å². The van der Waals surface area contributed by atoms with Crippen molar-refractivity contribution in [2.45, 2.75) is 50.5 Å². The van der Waals surface area contributed by atoms with Gasteiger partial charge in [0.1, 0.15) is 5.60 Å². The first kappa shape index (κ1) is 22.0. The molecule has 0 bridgehead atoms. The van der Waals surface area contributed by atoms with Gasteiger partial charge < -0.3 is 14.5 Å². The Morgan fingerprint density at radius 2 is 1.97 bits per heavy atom. The van der Waals surface area contributed by atoms with Crippen LogP contribution in [0.2, 0.25) is 0 Å². The van der Waals surface area contributed by atoms with Gasteiger partial charge in [0.25, 0.3) is 0 Å². The SMILES string of the molecule is CN(CCN1CCCCC1)C(=O)[C@H]1CC[C@@]2(CC1)OC(=O)c1cc(-c3cnccn3)ccc12. The number of carbonyl (C=O) groups excluding carboxylic acids is 2. The van der Waals surface area contributed by atoms with Gasteiger partial charge in [0.05, 0.1) is 17.5 Å². The van der Waals surface area contributed by atoms with Crippen molar-refractivity contribution < 1.29 is 14.3 Å². The third-order valence-electron chi connectivity index (χ3n) is 7.60. The van der Waals surface area contributed by atoms with Crippen molar-refractivity contribution in [2.24, 2.45) is 5.92 Å². The zero-order chi connectivity index (χ0) is 22.8. The van der Waals surface area contributed by atoms with Crippen LogP contribution in [0.1, 0.15) is 60.9 Å². The lowest BCUT2D eigenvalue weighted by Gasteiger charge is -2.37. The second kappa shape index (κ2) is 9.21. The quantitative estimate of drug-likeness (QED) is 0.650. The molecule has 2 aromatic rings. The van der Waals surface area contributed by atoms with E-state index in [0.717, 1.165) is 55.8 Å². The number of carbonyl (C=O) groups is 2. The summed E-state index contributed by atoms with van der Waals surface area (Å²) in [7, 11) is 1.93. The second-order valence-corrected chi connectivity index (χ2v) is 9.67. The normalized spacial score (nSPS) is 25.0. The maximum absolute atomic E-state index is 13.1. The van der Waals surface area contributed by atoms with Crippen LogP contribution in [0.4, 0.5) is 0 Å². The van der Waals surface area contributed by atoms with Gasteiger partial charge >= 0.3 is 5.97 Å². The molecular weight excluding hydrogens is 416 g/mol. The molecule has 0 N–H and O–H groups in total. The molecule has 0 atom stereocenters. The summed E-state index contributed by atoms with van der Waals surface area (Å²) < 4.78 is 5.96. The van der Waals surface area contributed by atoms with Crippen molar-refractivity contribution in [3.63, 3.8) is 0 Å². The van der Waals surface area contributed by atoms with Crippen LogP contribution in [-0.2, 0) is 15.1 Å². The van der Waals surface area contributed by atoms with Gasteiger partial charge in [0.2, 0.25) is 5.91 Å². The molecule has 7 nitrogen and oxygen atoms in total. The predicted molar refractivity (Wildman–Crippen MR) is 124 cm³/mol. The lowest BCUT2D eigenvalue weighted by atomic mass is 9.74. The van der Waals surface area contributed by atoms with E-state index in [-0.39, 0.29) is 17.8 Å². The van der Waals surface area contributed by atoms with Crippen molar-refractivity contribution in [1.82, 2.24) is 19.8 Å². The Kier molecular flexibility index (Phi) is 6.15. The number of likely N-dealkylation sites (tertiary alicyclic amines) is 1. The standard InChI is InChI=1S/C26H32N4O3/c1-29(15-16-30-13-3-2-4-14-30)24(31)19-7-9-26(10-8-19)22-6-5-20(17-21(22)25(32)33-26)23-18-27-11-12-28-23/h5-6,11-12,17-19H,2-4,7-10,13-16H2,1H3/t19-,26-. The number of fused-ring (bicyclic) bond motifs is 2. The molecule has 0 unspecified atom stereocenters. The Bertz CT molecular complexity index is 1010. The first-order valence-electron chi connectivity index (χ1n) is 12.2. The number of likely N-dealkylation sites (N-methyl/N-ethyl adjacent to an activating group) is 1. The van der Waals surface area contributed by atoms with Crippen LogP contribution < -0.4 is 0 Å². The molecule has 7 heteroatoms. The third kappa shape index (κ3) is 4.38. The average Bonchev–Trinajstić information content (AvgIpc) is 3.14. The number of aromatic nitrogens is 2. The molecule has 1 amide bonds. The molecule has 0 radical (unpaired) electrons. The highest BCUT2D eigenvalue weighted by Gasteiger charge is 2.48. The largest absolute Gasteiger partial charge is 0.451 e. The minimum Gasteiger partial charge on any atom is -0.451 e. The summed E-state index contributed by atoms with van der Waals surface area (Å²) in [6.07, 6.45) is 11.7. The summed E-state index contributed by atoms with van der Waals surface area (Å²) in [5, 5.41) is 0. The van der Waals surface area contributed by atoms with Gasteiger partial charge in [-0.05, 0) is 57.7 Å². The third-order valence-corrected chi connectivity index (χ3v) is 7.60. The first-order chi connectivity index (χ1) is 16.1. The van der Waals surface area contributed by atoms with Crippen LogP contribution in [0.15, 0.2) is 36.8 Å². The Morgan fingerprint density at radius 1 is 1.18 bits per heavy atom. The van der Waals surface area contributed by atoms with Gasteiger partial charge in [0.15, 0.2) is 0 Å². The van der Waals surface area contributed by atoms with Gasteiger partial charge in [-0.3, -0.25) is 14.8 Å². The minimum absolute atomic E-state index is 0.00333. The smallest absolute Gasteiger partial charge is 0.339 e. The van der Waals surface area contributed by atoms with Crippen molar-refractivity contribution in [2.75, 3.05) is 33.2 Å². The fraction of sp³-hybridized carbons (Fsp3) is 0.538. The van der Waals surface area contributed by atoms with E-state index in [1.165, 1.54) is 19.3 Å². The number of nitrogens with zero attached hydrogens (tertiary/aromatic N) is 4. The maximum atomic E-state index is 13.1. The molecule has 33 heavy (non-hydrogen) atoms. The summed E-state index contributed by atoms with van der Waals surface area (Å²) in [5.74, 6) is -0.0489. The van der Waals surface area contributed by atoms with Crippen LogP contribution in [0.25, 0.3) is 11.3 Å². The highest BCUT2D eigenvalue weighted by atomic mass is 16.6.